The van der Waals surface area contributed by atoms with E-state index in [2.05, 4.69) is 9.97 Å². The van der Waals surface area contributed by atoms with Crippen molar-refractivity contribution in [2.75, 3.05) is 7.11 Å². The van der Waals surface area contributed by atoms with Crippen LogP contribution in [0.3, 0.4) is 0 Å². The Morgan fingerprint density at radius 3 is 2.67 bits per heavy atom. The van der Waals surface area contributed by atoms with Gasteiger partial charge >= 0.3 is 5.97 Å². The first-order valence-electron chi connectivity index (χ1n) is 4.66. The van der Waals surface area contributed by atoms with E-state index >= 15 is 0 Å². The van der Waals surface area contributed by atoms with Crippen molar-refractivity contribution in [3.63, 3.8) is 0 Å². The van der Waals surface area contributed by atoms with Crippen molar-refractivity contribution in [2.24, 2.45) is 0 Å². The molecule has 5 heteroatoms. The van der Waals surface area contributed by atoms with E-state index in [1.54, 1.807) is 6.07 Å². The molecule has 82 valence electrons. The molecule has 0 aliphatic carbocycles. The number of hydrogen-bond acceptors (Lipinski definition) is 4. The van der Waals surface area contributed by atoms with Gasteiger partial charge in [0.2, 0.25) is 5.88 Å². The molecule has 1 rings (SSSR count). The van der Waals surface area contributed by atoms with Crippen LogP contribution >= 0.6 is 0 Å². The van der Waals surface area contributed by atoms with Crippen LogP contribution in [0.4, 0.5) is 0 Å². The van der Waals surface area contributed by atoms with Gasteiger partial charge in [-0.05, 0) is 5.92 Å². The molecule has 0 atom stereocenters. The van der Waals surface area contributed by atoms with Crippen molar-refractivity contribution in [3.05, 3.63) is 17.6 Å². The van der Waals surface area contributed by atoms with Crippen LogP contribution in [0, 0.1) is 0 Å². The van der Waals surface area contributed by atoms with E-state index in [1.807, 2.05) is 13.8 Å². The van der Waals surface area contributed by atoms with Crippen molar-refractivity contribution < 1.29 is 14.6 Å². The predicted octanol–water partition coefficient (Wildman–Crippen LogP) is 1.24. The molecule has 1 aromatic heterocycles. The first-order valence-corrected chi connectivity index (χ1v) is 4.66. The number of ether oxygens (including phenoxy) is 1. The van der Waals surface area contributed by atoms with Gasteiger partial charge < -0.3 is 9.84 Å². The first kappa shape index (κ1) is 11.4. The standard InChI is InChI=1S/C10H14N2O3/c1-6(2)7-4-9(15-3)12-8(11-7)5-10(13)14/h4,6H,5H2,1-3H3,(H,13,14). The van der Waals surface area contributed by atoms with E-state index < -0.39 is 5.97 Å². The summed E-state index contributed by atoms with van der Waals surface area (Å²) in [4.78, 5) is 18.6. The van der Waals surface area contributed by atoms with E-state index in [1.165, 1.54) is 7.11 Å². The molecule has 0 spiro atoms. The van der Waals surface area contributed by atoms with Gasteiger partial charge in [-0.1, -0.05) is 13.8 Å². The van der Waals surface area contributed by atoms with Gasteiger partial charge in [0.15, 0.2) is 0 Å². The molecule has 0 amide bonds. The van der Waals surface area contributed by atoms with E-state index in [9.17, 15) is 4.79 Å². The number of carbonyl (C=O) groups is 1. The Kier molecular flexibility index (Phi) is 3.60. The SMILES string of the molecule is COc1cc(C(C)C)nc(CC(=O)O)n1. The number of carboxylic acid groups (broad SMARTS) is 1. The molecule has 0 radical (unpaired) electrons. The summed E-state index contributed by atoms with van der Waals surface area (Å²) in [6.07, 6.45) is -0.184. The van der Waals surface area contributed by atoms with Gasteiger partial charge in [-0.3, -0.25) is 4.79 Å². The van der Waals surface area contributed by atoms with Crippen LogP contribution < -0.4 is 4.74 Å². The third kappa shape index (κ3) is 3.19. The van der Waals surface area contributed by atoms with Gasteiger partial charge in [0.25, 0.3) is 0 Å². The number of rotatable bonds is 4. The summed E-state index contributed by atoms with van der Waals surface area (Å²) in [5, 5.41) is 8.64. The molecule has 1 aromatic rings. The lowest BCUT2D eigenvalue weighted by Gasteiger charge is -2.08. The van der Waals surface area contributed by atoms with Crippen LogP contribution in [-0.4, -0.2) is 28.2 Å². The fourth-order valence-electron chi connectivity index (χ4n) is 1.11. The highest BCUT2D eigenvalue weighted by atomic mass is 16.5. The second-order valence-corrected chi connectivity index (χ2v) is 3.48. The lowest BCUT2D eigenvalue weighted by molar-refractivity contribution is -0.136. The van der Waals surface area contributed by atoms with Crippen LogP contribution in [0.2, 0.25) is 0 Å². The molecule has 1 heterocycles. The van der Waals surface area contributed by atoms with Gasteiger partial charge in [-0.25, -0.2) is 4.98 Å². The van der Waals surface area contributed by atoms with E-state index in [0.29, 0.717) is 5.88 Å². The minimum atomic E-state index is -0.946. The molecule has 0 aliphatic rings. The molecular formula is C10H14N2O3. The smallest absolute Gasteiger partial charge is 0.311 e. The number of nitrogens with zero attached hydrogens (tertiary/aromatic N) is 2. The quantitative estimate of drug-likeness (QED) is 0.809. The van der Waals surface area contributed by atoms with Gasteiger partial charge in [0.1, 0.15) is 12.2 Å². The summed E-state index contributed by atoms with van der Waals surface area (Å²) in [6, 6.07) is 1.72. The molecule has 0 saturated heterocycles. The Labute approximate surface area is 88.1 Å². The average Bonchev–Trinajstić information content (AvgIpc) is 2.16. The molecule has 0 aromatic carbocycles. The monoisotopic (exact) mass is 210 g/mol. The Balaban J connectivity index is 3.05. The highest BCUT2D eigenvalue weighted by Gasteiger charge is 2.10. The summed E-state index contributed by atoms with van der Waals surface area (Å²) in [7, 11) is 1.50. The summed E-state index contributed by atoms with van der Waals surface area (Å²) >= 11 is 0. The second kappa shape index (κ2) is 4.72. The van der Waals surface area contributed by atoms with E-state index in [-0.39, 0.29) is 18.2 Å². The lowest BCUT2D eigenvalue weighted by atomic mass is 10.1. The first-order chi connectivity index (χ1) is 7.02. The fourth-order valence-corrected chi connectivity index (χ4v) is 1.11. The summed E-state index contributed by atoms with van der Waals surface area (Å²) in [5.41, 5.74) is 0.790. The molecule has 5 nitrogen and oxygen atoms in total. The zero-order valence-corrected chi connectivity index (χ0v) is 9.02. The van der Waals surface area contributed by atoms with Gasteiger partial charge in [-0.15, -0.1) is 0 Å². The van der Waals surface area contributed by atoms with E-state index in [4.69, 9.17) is 9.84 Å². The topological polar surface area (TPSA) is 72.3 Å². The molecule has 0 saturated carbocycles. The third-order valence-corrected chi connectivity index (χ3v) is 1.88. The Morgan fingerprint density at radius 2 is 2.20 bits per heavy atom. The molecule has 1 N–H and O–H groups in total. The molecule has 0 aliphatic heterocycles. The largest absolute Gasteiger partial charge is 0.481 e. The highest BCUT2D eigenvalue weighted by Crippen LogP contribution is 2.16. The minimum absolute atomic E-state index is 0.184. The number of carboxylic acids is 1. The van der Waals surface area contributed by atoms with Crippen LogP contribution in [-0.2, 0) is 11.2 Å². The van der Waals surface area contributed by atoms with Crippen molar-refractivity contribution >= 4 is 5.97 Å². The fraction of sp³-hybridized carbons (Fsp3) is 0.500. The lowest BCUT2D eigenvalue weighted by Crippen LogP contribution is -2.08. The Morgan fingerprint density at radius 1 is 1.53 bits per heavy atom. The Bertz CT molecular complexity index is 364. The number of methoxy groups -OCH3 is 1. The van der Waals surface area contributed by atoms with Crippen molar-refractivity contribution in [2.45, 2.75) is 26.2 Å². The van der Waals surface area contributed by atoms with Gasteiger partial charge in [0.05, 0.1) is 12.8 Å². The van der Waals surface area contributed by atoms with Crippen molar-refractivity contribution in [3.8, 4) is 5.88 Å². The third-order valence-electron chi connectivity index (χ3n) is 1.88. The average molecular weight is 210 g/mol. The maximum atomic E-state index is 10.5. The van der Waals surface area contributed by atoms with Gasteiger partial charge in [0, 0.05) is 6.07 Å². The highest BCUT2D eigenvalue weighted by molar-refractivity contribution is 5.69. The van der Waals surface area contributed by atoms with Crippen molar-refractivity contribution in [1.82, 2.24) is 9.97 Å². The van der Waals surface area contributed by atoms with Crippen molar-refractivity contribution in [1.29, 1.82) is 0 Å². The maximum Gasteiger partial charge on any atom is 0.311 e. The Hall–Kier alpha value is -1.65. The molecule has 15 heavy (non-hydrogen) atoms. The number of hydrogen-bond donors (Lipinski definition) is 1. The molecule has 0 fully saturated rings. The zero-order chi connectivity index (χ0) is 11.4. The molecular weight excluding hydrogens is 196 g/mol. The van der Waals surface area contributed by atoms with Crippen LogP contribution in [0.25, 0.3) is 0 Å². The summed E-state index contributed by atoms with van der Waals surface area (Å²) in [5.74, 6) is -0.0390. The maximum absolute atomic E-state index is 10.5. The summed E-state index contributed by atoms with van der Waals surface area (Å²) in [6.45, 7) is 3.96. The zero-order valence-electron chi connectivity index (χ0n) is 9.02. The summed E-state index contributed by atoms with van der Waals surface area (Å²) < 4.78 is 4.98. The predicted molar refractivity (Wildman–Crippen MR) is 54.0 cm³/mol. The number of aliphatic carboxylic acids is 1. The van der Waals surface area contributed by atoms with Crippen LogP contribution in [0.5, 0.6) is 5.88 Å². The molecule has 0 bridgehead atoms. The number of aromatic nitrogens is 2. The van der Waals surface area contributed by atoms with Gasteiger partial charge in [-0.2, -0.15) is 4.98 Å². The van der Waals surface area contributed by atoms with Crippen LogP contribution in [0.15, 0.2) is 6.07 Å². The minimum Gasteiger partial charge on any atom is -0.481 e. The molecule has 0 unspecified atom stereocenters. The normalized spacial score (nSPS) is 10.4. The second-order valence-electron chi connectivity index (χ2n) is 3.48. The van der Waals surface area contributed by atoms with E-state index in [0.717, 1.165) is 5.69 Å². The van der Waals surface area contributed by atoms with Crippen LogP contribution in [0.1, 0.15) is 31.3 Å².